The summed E-state index contributed by atoms with van der Waals surface area (Å²) in [4.78, 5) is 15.1. The Kier molecular flexibility index (Phi) is 6.94. The lowest BCUT2D eigenvalue weighted by Gasteiger charge is -2.13. The summed E-state index contributed by atoms with van der Waals surface area (Å²) in [5.74, 6) is 1.29. The Morgan fingerprint density at radius 3 is 2.55 bits per heavy atom. The van der Waals surface area contributed by atoms with Gasteiger partial charge in [0.25, 0.3) is 5.91 Å². The van der Waals surface area contributed by atoms with E-state index in [2.05, 4.69) is 41.8 Å². The van der Waals surface area contributed by atoms with Gasteiger partial charge in [0, 0.05) is 33.2 Å². The zero-order valence-electron chi connectivity index (χ0n) is 19.3. The molecule has 0 saturated heterocycles. The summed E-state index contributed by atoms with van der Waals surface area (Å²) in [5.41, 5.74) is 6.08. The van der Waals surface area contributed by atoms with Crippen LogP contribution in [0.3, 0.4) is 0 Å². The smallest absolute Gasteiger partial charge is 0.251 e. The summed E-state index contributed by atoms with van der Waals surface area (Å²) < 4.78 is 10.6. The summed E-state index contributed by atoms with van der Waals surface area (Å²) in [6, 6.07) is 18.1. The summed E-state index contributed by atoms with van der Waals surface area (Å²) in [6.45, 7) is 4.65. The third-order valence-electron chi connectivity index (χ3n) is 5.59. The standard InChI is InChI=1S/C27H28N2O3S/c1-5-21-20-14-17(2)6-10-25(20)33-26-11-8-19(16-22(26)29-21)27(30)28-13-12-18-7-9-23(31-3)24(15-18)32-4/h5-11,14-16,29H,12-13H2,1-4H3,(H,28,30). The van der Waals surface area contributed by atoms with Crippen LogP contribution in [0.25, 0.3) is 5.70 Å². The van der Waals surface area contributed by atoms with Crippen molar-refractivity contribution in [2.45, 2.75) is 30.1 Å². The fourth-order valence-electron chi connectivity index (χ4n) is 3.82. The molecule has 3 aromatic rings. The predicted octanol–water partition coefficient (Wildman–Crippen LogP) is 5.92. The molecule has 6 heteroatoms. The molecule has 1 heterocycles. The second-order valence-corrected chi connectivity index (χ2v) is 8.92. The van der Waals surface area contributed by atoms with Gasteiger partial charge in [-0.05, 0) is 68.3 Å². The first-order chi connectivity index (χ1) is 16.0. The van der Waals surface area contributed by atoms with Crippen molar-refractivity contribution in [1.29, 1.82) is 0 Å². The third kappa shape index (κ3) is 5.01. The van der Waals surface area contributed by atoms with Crippen LogP contribution in [0, 0.1) is 6.92 Å². The molecule has 0 radical (unpaired) electrons. The normalized spacial score (nSPS) is 13.4. The molecule has 0 unspecified atom stereocenters. The van der Waals surface area contributed by atoms with Gasteiger partial charge in [-0.2, -0.15) is 0 Å². The molecule has 33 heavy (non-hydrogen) atoms. The number of amides is 1. The summed E-state index contributed by atoms with van der Waals surface area (Å²) in [6.07, 6.45) is 2.77. The lowest BCUT2D eigenvalue weighted by molar-refractivity contribution is 0.0954. The molecule has 0 aromatic heterocycles. The van der Waals surface area contributed by atoms with Crippen LogP contribution in [0.2, 0.25) is 0 Å². The number of anilines is 1. The zero-order valence-corrected chi connectivity index (χ0v) is 20.1. The van der Waals surface area contributed by atoms with E-state index < -0.39 is 0 Å². The number of benzene rings is 3. The number of carbonyl (C=O) groups excluding carboxylic acids is 1. The number of hydrogen-bond acceptors (Lipinski definition) is 5. The summed E-state index contributed by atoms with van der Waals surface area (Å²) >= 11 is 1.72. The first-order valence-electron chi connectivity index (χ1n) is 10.9. The van der Waals surface area contributed by atoms with Crippen molar-refractivity contribution in [3.63, 3.8) is 0 Å². The van der Waals surface area contributed by atoms with Gasteiger partial charge in [0.2, 0.25) is 0 Å². The Hall–Kier alpha value is -3.38. The molecule has 1 aliphatic heterocycles. The number of ether oxygens (including phenoxy) is 2. The molecule has 0 spiro atoms. The highest BCUT2D eigenvalue weighted by atomic mass is 32.2. The molecular formula is C27H28N2O3S. The van der Waals surface area contributed by atoms with Crippen molar-refractivity contribution in [3.05, 3.63) is 82.9 Å². The molecule has 5 nitrogen and oxygen atoms in total. The molecule has 0 atom stereocenters. The fourth-order valence-corrected chi connectivity index (χ4v) is 4.83. The van der Waals surface area contributed by atoms with Gasteiger partial charge in [-0.25, -0.2) is 0 Å². The molecule has 170 valence electrons. The number of allylic oxidation sites excluding steroid dienone is 1. The van der Waals surface area contributed by atoms with Crippen LogP contribution in [-0.4, -0.2) is 26.7 Å². The van der Waals surface area contributed by atoms with E-state index in [1.54, 1.807) is 26.0 Å². The largest absolute Gasteiger partial charge is 0.493 e. The van der Waals surface area contributed by atoms with Gasteiger partial charge in [-0.3, -0.25) is 4.79 Å². The average molecular weight is 461 g/mol. The maximum atomic E-state index is 12.8. The van der Waals surface area contributed by atoms with Crippen molar-refractivity contribution >= 4 is 29.1 Å². The van der Waals surface area contributed by atoms with Crippen LogP contribution >= 0.6 is 11.8 Å². The zero-order chi connectivity index (χ0) is 23.4. The molecule has 3 aromatic carbocycles. The minimum absolute atomic E-state index is 0.0929. The van der Waals surface area contributed by atoms with Crippen LogP contribution in [-0.2, 0) is 6.42 Å². The second-order valence-electron chi connectivity index (χ2n) is 7.84. The van der Waals surface area contributed by atoms with Crippen molar-refractivity contribution in [2.24, 2.45) is 0 Å². The minimum atomic E-state index is -0.0929. The highest BCUT2D eigenvalue weighted by molar-refractivity contribution is 7.99. The Balaban J connectivity index is 1.46. The lowest BCUT2D eigenvalue weighted by Crippen LogP contribution is -2.25. The van der Waals surface area contributed by atoms with Crippen molar-refractivity contribution < 1.29 is 14.3 Å². The Labute approximate surface area is 199 Å². The molecule has 0 aliphatic carbocycles. The van der Waals surface area contributed by atoms with Gasteiger partial charge in [-0.1, -0.05) is 35.5 Å². The molecule has 0 bridgehead atoms. The van der Waals surface area contributed by atoms with E-state index in [1.165, 1.54) is 16.0 Å². The first kappa shape index (κ1) is 22.8. The Morgan fingerprint density at radius 2 is 1.79 bits per heavy atom. The summed E-state index contributed by atoms with van der Waals surface area (Å²) in [7, 11) is 3.23. The van der Waals surface area contributed by atoms with E-state index in [0.29, 0.717) is 30.0 Å². The number of rotatable bonds is 6. The van der Waals surface area contributed by atoms with Crippen LogP contribution < -0.4 is 20.1 Å². The quantitative estimate of drug-likeness (QED) is 0.478. The van der Waals surface area contributed by atoms with Gasteiger partial charge in [0.15, 0.2) is 11.5 Å². The number of nitrogens with one attached hydrogen (secondary N) is 2. The van der Waals surface area contributed by atoms with Crippen LogP contribution in [0.15, 0.2) is 70.5 Å². The summed E-state index contributed by atoms with van der Waals surface area (Å²) in [5, 5.41) is 6.55. The second kappa shape index (κ2) is 10.0. The molecule has 1 aliphatic rings. The van der Waals surface area contributed by atoms with Crippen molar-refractivity contribution in [2.75, 3.05) is 26.1 Å². The van der Waals surface area contributed by atoms with Crippen LogP contribution in [0.1, 0.15) is 34.0 Å². The highest BCUT2D eigenvalue weighted by Crippen LogP contribution is 2.42. The average Bonchev–Trinajstić information content (AvgIpc) is 2.99. The Bertz CT molecular complexity index is 1220. The van der Waals surface area contributed by atoms with E-state index in [0.717, 1.165) is 21.8 Å². The number of hydrogen-bond donors (Lipinski definition) is 2. The predicted molar refractivity (Wildman–Crippen MR) is 135 cm³/mol. The van der Waals surface area contributed by atoms with E-state index in [-0.39, 0.29) is 5.91 Å². The number of carbonyl (C=O) groups is 1. The number of methoxy groups -OCH3 is 2. The number of aryl methyl sites for hydroxylation is 1. The molecule has 4 rings (SSSR count). The maximum Gasteiger partial charge on any atom is 0.251 e. The van der Waals surface area contributed by atoms with E-state index in [1.807, 2.05) is 43.3 Å². The van der Waals surface area contributed by atoms with Gasteiger partial charge < -0.3 is 20.1 Å². The third-order valence-corrected chi connectivity index (χ3v) is 6.74. The van der Waals surface area contributed by atoms with Gasteiger partial charge in [-0.15, -0.1) is 0 Å². The van der Waals surface area contributed by atoms with E-state index in [9.17, 15) is 4.79 Å². The molecule has 2 N–H and O–H groups in total. The van der Waals surface area contributed by atoms with E-state index in [4.69, 9.17) is 9.47 Å². The first-order valence-corrected chi connectivity index (χ1v) is 11.7. The van der Waals surface area contributed by atoms with Crippen LogP contribution in [0.4, 0.5) is 5.69 Å². The van der Waals surface area contributed by atoms with Gasteiger partial charge in [0.05, 0.1) is 19.9 Å². The topological polar surface area (TPSA) is 59.6 Å². The maximum absolute atomic E-state index is 12.8. The van der Waals surface area contributed by atoms with E-state index >= 15 is 0 Å². The molecule has 0 saturated carbocycles. The fraction of sp³-hybridized carbons (Fsp3) is 0.222. The van der Waals surface area contributed by atoms with Gasteiger partial charge >= 0.3 is 0 Å². The van der Waals surface area contributed by atoms with Crippen molar-refractivity contribution in [1.82, 2.24) is 5.32 Å². The van der Waals surface area contributed by atoms with Gasteiger partial charge in [0.1, 0.15) is 0 Å². The molecule has 0 fully saturated rings. The van der Waals surface area contributed by atoms with Crippen molar-refractivity contribution in [3.8, 4) is 11.5 Å². The minimum Gasteiger partial charge on any atom is -0.493 e. The monoisotopic (exact) mass is 460 g/mol. The molecular weight excluding hydrogens is 432 g/mol. The van der Waals surface area contributed by atoms with Crippen LogP contribution in [0.5, 0.6) is 11.5 Å². The highest BCUT2D eigenvalue weighted by Gasteiger charge is 2.19. The molecule has 1 amide bonds. The number of fused-ring (bicyclic) bond motifs is 2. The SMILES string of the molecule is CC=C1Nc2cc(C(=O)NCCc3ccc(OC)c(OC)c3)ccc2Sc2ccc(C)cc21. The lowest BCUT2D eigenvalue weighted by atomic mass is 10.1. The Morgan fingerprint density at radius 1 is 1.00 bits per heavy atom.